The van der Waals surface area contributed by atoms with Gasteiger partial charge in [0.25, 0.3) is 5.91 Å². The number of urea groups is 1. The van der Waals surface area contributed by atoms with Crippen LogP contribution in [0.5, 0.6) is 11.6 Å². The molecule has 2 N–H and O–H groups in total. The Labute approximate surface area is 194 Å². The molecule has 1 heterocycles. The summed E-state index contributed by atoms with van der Waals surface area (Å²) in [6.07, 6.45) is -3.42. The van der Waals surface area contributed by atoms with Crippen LogP contribution in [0.4, 0.5) is 23.7 Å². The number of halogens is 6. The van der Waals surface area contributed by atoms with Gasteiger partial charge in [0.2, 0.25) is 5.88 Å². The van der Waals surface area contributed by atoms with Crippen LogP contribution >= 0.6 is 34.8 Å². The number of nitrogens with zero attached hydrogens (tertiary/aromatic N) is 1. The molecule has 2 aromatic carbocycles. The molecule has 0 saturated heterocycles. The Morgan fingerprint density at radius 2 is 1.66 bits per heavy atom. The van der Waals surface area contributed by atoms with Gasteiger partial charge in [-0.25, -0.2) is 9.78 Å². The summed E-state index contributed by atoms with van der Waals surface area (Å²) in [4.78, 5) is 28.2. The first-order chi connectivity index (χ1) is 15.0. The molecule has 3 aromatic rings. The number of imide groups is 1. The lowest BCUT2D eigenvalue weighted by Gasteiger charge is -2.11. The fourth-order valence-corrected chi connectivity index (χ4v) is 3.26. The normalized spacial score (nSPS) is 11.1. The third kappa shape index (κ3) is 6.03. The van der Waals surface area contributed by atoms with Crippen LogP contribution in [0.1, 0.15) is 15.9 Å². The van der Waals surface area contributed by atoms with Gasteiger partial charge in [0, 0.05) is 11.1 Å². The molecule has 3 rings (SSSR count). The van der Waals surface area contributed by atoms with Gasteiger partial charge >= 0.3 is 12.2 Å². The minimum Gasteiger partial charge on any atom is -0.439 e. The van der Waals surface area contributed by atoms with Crippen molar-refractivity contribution in [3.8, 4) is 11.6 Å². The Morgan fingerprint density at radius 3 is 2.25 bits per heavy atom. The fraction of sp³-hybridized carbons (Fsp3) is 0.0500. The van der Waals surface area contributed by atoms with Crippen LogP contribution in [-0.2, 0) is 6.18 Å². The molecule has 0 aliphatic rings. The van der Waals surface area contributed by atoms with Crippen LogP contribution < -0.4 is 15.4 Å². The van der Waals surface area contributed by atoms with Crippen molar-refractivity contribution in [1.29, 1.82) is 0 Å². The zero-order valence-electron chi connectivity index (χ0n) is 15.6. The van der Waals surface area contributed by atoms with Crippen LogP contribution in [0.15, 0.2) is 54.7 Å². The number of pyridine rings is 1. The molecule has 0 atom stereocenters. The summed E-state index contributed by atoms with van der Waals surface area (Å²) in [6.45, 7) is 0. The van der Waals surface area contributed by atoms with Crippen LogP contribution in [0.3, 0.4) is 0 Å². The van der Waals surface area contributed by atoms with Crippen LogP contribution in [-0.4, -0.2) is 16.9 Å². The summed E-state index contributed by atoms with van der Waals surface area (Å²) in [5.74, 6) is -1.03. The number of amides is 3. The van der Waals surface area contributed by atoms with E-state index in [9.17, 15) is 22.8 Å². The summed E-state index contributed by atoms with van der Waals surface area (Å²) >= 11 is 17.6. The lowest BCUT2D eigenvalue weighted by molar-refractivity contribution is -0.137. The van der Waals surface area contributed by atoms with Crippen molar-refractivity contribution < 1.29 is 27.5 Å². The van der Waals surface area contributed by atoms with Crippen LogP contribution in [0, 0.1) is 0 Å². The van der Waals surface area contributed by atoms with Gasteiger partial charge in [-0.3, -0.25) is 10.1 Å². The Bertz CT molecular complexity index is 1150. The number of hydrogen-bond acceptors (Lipinski definition) is 4. The van der Waals surface area contributed by atoms with Gasteiger partial charge in [0.05, 0.1) is 33.1 Å². The maximum absolute atomic E-state index is 12.9. The number of nitrogens with one attached hydrogen (secondary N) is 2. The number of benzene rings is 2. The van der Waals surface area contributed by atoms with E-state index in [4.69, 9.17) is 39.5 Å². The van der Waals surface area contributed by atoms with Crippen molar-refractivity contribution in [1.82, 2.24) is 10.3 Å². The molecule has 0 bridgehead atoms. The van der Waals surface area contributed by atoms with Crippen molar-refractivity contribution in [2.75, 3.05) is 5.32 Å². The average Bonchev–Trinajstić information content (AvgIpc) is 2.68. The zero-order chi connectivity index (χ0) is 23.5. The second kappa shape index (κ2) is 9.64. The fourth-order valence-electron chi connectivity index (χ4n) is 2.46. The second-order valence-electron chi connectivity index (χ2n) is 6.17. The molecule has 12 heteroatoms. The van der Waals surface area contributed by atoms with Gasteiger partial charge in [-0.05, 0) is 36.4 Å². The third-order valence-electron chi connectivity index (χ3n) is 3.83. The maximum atomic E-state index is 12.9. The molecule has 0 fully saturated rings. The molecule has 0 aliphatic heterocycles. The summed E-state index contributed by atoms with van der Waals surface area (Å²) in [5, 5.41) is 4.42. The predicted octanol–water partition coefficient (Wildman–Crippen LogP) is 6.81. The van der Waals surface area contributed by atoms with Gasteiger partial charge in [-0.15, -0.1) is 0 Å². The van der Waals surface area contributed by atoms with Gasteiger partial charge in [-0.1, -0.05) is 40.9 Å². The molecule has 0 unspecified atom stereocenters. The van der Waals surface area contributed by atoms with E-state index in [2.05, 4.69) is 15.6 Å². The van der Waals surface area contributed by atoms with E-state index in [0.29, 0.717) is 0 Å². The first kappa shape index (κ1) is 23.6. The number of aromatic nitrogens is 1. The highest BCUT2D eigenvalue weighted by atomic mass is 35.5. The van der Waals surface area contributed by atoms with E-state index in [1.165, 1.54) is 36.5 Å². The van der Waals surface area contributed by atoms with Gasteiger partial charge in [-0.2, -0.15) is 13.2 Å². The standard InChI is InChI=1S/C20H11Cl3F3N3O3/c21-11-6-10(20(24,25)26)7-13(8-11)32-16-5-4-12(9-27-16)28-19(31)29-18(30)17-14(22)2-1-3-15(17)23/h1-9H,(H2,28,29,30,31). The highest BCUT2D eigenvalue weighted by Crippen LogP contribution is 2.35. The Kier molecular flexibility index (Phi) is 7.12. The number of anilines is 1. The minimum atomic E-state index is -4.59. The van der Waals surface area contributed by atoms with E-state index < -0.39 is 23.7 Å². The zero-order valence-corrected chi connectivity index (χ0v) is 17.9. The van der Waals surface area contributed by atoms with Crippen molar-refractivity contribution in [2.45, 2.75) is 6.18 Å². The SMILES string of the molecule is O=C(NC(=O)c1c(Cl)cccc1Cl)Nc1ccc(Oc2cc(Cl)cc(C(F)(F)F)c2)nc1. The molecule has 0 spiro atoms. The van der Waals surface area contributed by atoms with E-state index in [1.54, 1.807) is 6.07 Å². The van der Waals surface area contributed by atoms with Crippen LogP contribution in [0.2, 0.25) is 15.1 Å². The summed E-state index contributed by atoms with van der Waals surface area (Å²) in [5.41, 5.74) is -0.860. The topological polar surface area (TPSA) is 80.3 Å². The number of hydrogen-bond donors (Lipinski definition) is 2. The average molecular weight is 505 g/mol. The molecule has 32 heavy (non-hydrogen) atoms. The second-order valence-corrected chi connectivity index (χ2v) is 7.42. The largest absolute Gasteiger partial charge is 0.439 e. The minimum absolute atomic E-state index is 0.0507. The predicted molar refractivity (Wildman–Crippen MR) is 114 cm³/mol. The maximum Gasteiger partial charge on any atom is 0.416 e. The summed E-state index contributed by atoms with van der Waals surface area (Å²) in [7, 11) is 0. The lowest BCUT2D eigenvalue weighted by atomic mass is 10.2. The van der Waals surface area contributed by atoms with E-state index in [0.717, 1.165) is 12.1 Å². The van der Waals surface area contributed by atoms with Crippen LogP contribution in [0.25, 0.3) is 0 Å². The lowest BCUT2D eigenvalue weighted by Crippen LogP contribution is -2.34. The molecule has 0 saturated carbocycles. The Balaban J connectivity index is 1.64. The molecule has 0 aliphatic carbocycles. The first-order valence-corrected chi connectivity index (χ1v) is 9.74. The quantitative estimate of drug-likeness (QED) is 0.409. The summed E-state index contributed by atoms with van der Waals surface area (Å²) < 4.78 is 44.0. The number of carbonyl (C=O) groups excluding carboxylic acids is 2. The molecule has 166 valence electrons. The first-order valence-electron chi connectivity index (χ1n) is 8.61. The Morgan fingerprint density at radius 1 is 0.969 bits per heavy atom. The van der Waals surface area contributed by atoms with Gasteiger partial charge in [0.1, 0.15) is 5.75 Å². The van der Waals surface area contributed by atoms with E-state index in [-0.39, 0.29) is 37.9 Å². The number of carbonyl (C=O) groups is 2. The van der Waals surface area contributed by atoms with Gasteiger partial charge in [0.15, 0.2) is 0 Å². The van der Waals surface area contributed by atoms with Crippen molar-refractivity contribution in [3.63, 3.8) is 0 Å². The van der Waals surface area contributed by atoms with Crippen molar-refractivity contribution in [3.05, 3.63) is 80.9 Å². The monoisotopic (exact) mass is 503 g/mol. The smallest absolute Gasteiger partial charge is 0.416 e. The molecule has 0 radical (unpaired) electrons. The van der Waals surface area contributed by atoms with Crippen molar-refractivity contribution >= 4 is 52.4 Å². The molecule has 3 amide bonds. The molecular formula is C20H11Cl3F3N3O3. The molecular weight excluding hydrogens is 494 g/mol. The third-order valence-corrected chi connectivity index (χ3v) is 4.68. The highest BCUT2D eigenvalue weighted by molar-refractivity contribution is 6.40. The van der Waals surface area contributed by atoms with E-state index in [1.807, 2.05) is 0 Å². The molecule has 6 nitrogen and oxygen atoms in total. The van der Waals surface area contributed by atoms with Gasteiger partial charge < -0.3 is 10.1 Å². The summed E-state index contributed by atoms with van der Waals surface area (Å²) in [6, 6.07) is 8.96. The number of rotatable bonds is 4. The highest BCUT2D eigenvalue weighted by Gasteiger charge is 2.31. The number of alkyl halides is 3. The number of ether oxygens (including phenoxy) is 1. The Hall–Kier alpha value is -3.01. The van der Waals surface area contributed by atoms with Crippen molar-refractivity contribution in [2.24, 2.45) is 0 Å². The van der Waals surface area contributed by atoms with E-state index >= 15 is 0 Å². The molecule has 1 aromatic heterocycles.